The summed E-state index contributed by atoms with van der Waals surface area (Å²) >= 11 is 1.59. The number of terminal acetylenes is 1. The van der Waals surface area contributed by atoms with Crippen LogP contribution < -0.4 is 0 Å². The van der Waals surface area contributed by atoms with Gasteiger partial charge in [0.15, 0.2) is 0 Å². The predicted molar refractivity (Wildman–Crippen MR) is 87.7 cm³/mol. The molecule has 0 radical (unpaired) electrons. The van der Waals surface area contributed by atoms with Crippen molar-refractivity contribution in [3.63, 3.8) is 0 Å². The summed E-state index contributed by atoms with van der Waals surface area (Å²) in [5.41, 5.74) is 0.610. The predicted octanol–water partition coefficient (Wildman–Crippen LogP) is 6.04. The molecule has 0 bridgehead atoms. The van der Waals surface area contributed by atoms with Crippen LogP contribution in [-0.4, -0.2) is 5.75 Å². The monoisotopic (exact) mass is 292 g/mol. The number of halogens is 1. The second-order valence-corrected chi connectivity index (χ2v) is 6.25. The Bertz CT molecular complexity index is 420. The maximum atomic E-state index is 13.7. The van der Waals surface area contributed by atoms with Crippen molar-refractivity contribution in [1.82, 2.24) is 0 Å². The van der Waals surface area contributed by atoms with Gasteiger partial charge < -0.3 is 0 Å². The summed E-state index contributed by atoms with van der Waals surface area (Å²) in [6.45, 7) is 2.24. The Hall–Kier alpha value is -0.940. The van der Waals surface area contributed by atoms with Gasteiger partial charge in [-0.3, -0.25) is 0 Å². The maximum Gasteiger partial charge on any atom is 0.137 e. The minimum absolute atomic E-state index is 0.190. The summed E-state index contributed by atoms with van der Waals surface area (Å²) in [5.74, 6) is 3.25. The van der Waals surface area contributed by atoms with E-state index < -0.39 is 0 Å². The average Bonchev–Trinajstić information content (AvgIpc) is 2.47. The average molecular weight is 292 g/mol. The summed E-state index contributed by atoms with van der Waals surface area (Å²) in [4.78, 5) is 0.715. The normalized spacial score (nSPS) is 10.4. The summed E-state index contributed by atoms with van der Waals surface area (Å²) in [6.07, 6.45) is 15.7. The highest BCUT2D eigenvalue weighted by atomic mass is 32.2. The van der Waals surface area contributed by atoms with E-state index in [1.165, 1.54) is 51.0 Å². The van der Waals surface area contributed by atoms with Gasteiger partial charge in [0.25, 0.3) is 0 Å². The second kappa shape index (κ2) is 10.8. The van der Waals surface area contributed by atoms with E-state index in [1.807, 2.05) is 0 Å². The van der Waals surface area contributed by atoms with E-state index in [1.54, 1.807) is 23.9 Å². The fourth-order valence-corrected chi connectivity index (χ4v) is 3.06. The van der Waals surface area contributed by atoms with Crippen molar-refractivity contribution in [2.45, 2.75) is 63.2 Å². The molecule has 1 aromatic rings. The molecule has 0 fully saturated rings. The first-order valence-corrected chi connectivity index (χ1v) is 8.65. The summed E-state index contributed by atoms with van der Waals surface area (Å²) in [7, 11) is 0. The van der Waals surface area contributed by atoms with Gasteiger partial charge in [0.1, 0.15) is 5.82 Å². The molecule has 0 spiro atoms. The summed E-state index contributed by atoms with van der Waals surface area (Å²) in [6, 6.07) is 5.04. The van der Waals surface area contributed by atoms with Crippen molar-refractivity contribution in [2.75, 3.05) is 5.75 Å². The number of unbranched alkanes of at least 4 members (excludes halogenated alkanes) is 7. The zero-order valence-corrected chi connectivity index (χ0v) is 13.3. The van der Waals surface area contributed by atoms with Crippen molar-refractivity contribution in [3.8, 4) is 12.3 Å². The van der Waals surface area contributed by atoms with Crippen LogP contribution in [0, 0.1) is 18.2 Å². The summed E-state index contributed by atoms with van der Waals surface area (Å²) in [5, 5.41) is 0. The van der Waals surface area contributed by atoms with E-state index in [-0.39, 0.29) is 5.82 Å². The lowest BCUT2D eigenvalue weighted by molar-refractivity contribution is 0.585. The Labute approximate surface area is 127 Å². The van der Waals surface area contributed by atoms with Crippen LogP contribution in [0.4, 0.5) is 4.39 Å². The van der Waals surface area contributed by atoms with Gasteiger partial charge in [-0.1, -0.05) is 57.8 Å². The molecule has 0 nitrogen and oxygen atoms in total. The summed E-state index contributed by atoms with van der Waals surface area (Å²) < 4.78 is 13.7. The molecule has 0 saturated carbocycles. The van der Waals surface area contributed by atoms with Gasteiger partial charge in [0.2, 0.25) is 0 Å². The molecule has 0 atom stereocenters. The second-order valence-electron chi connectivity index (χ2n) is 5.11. The maximum absolute atomic E-state index is 13.7. The first kappa shape index (κ1) is 17.1. The molecule has 0 unspecified atom stereocenters. The zero-order valence-electron chi connectivity index (χ0n) is 12.5. The quantitative estimate of drug-likeness (QED) is 0.288. The van der Waals surface area contributed by atoms with Crippen molar-refractivity contribution in [3.05, 3.63) is 29.6 Å². The molecule has 0 amide bonds. The van der Waals surface area contributed by atoms with Crippen LogP contribution in [0.25, 0.3) is 0 Å². The van der Waals surface area contributed by atoms with Crippen LogP contribution in [0.2, 0.25) is 0 Å². The van der Waals surface area contributed by atoms with Gasteiger partial charge in [-0.15, -0.1) is 18.2 Å². The third-order valence-corrected chi connectivity index (χ3v) is 4.49. The van der Waals surface area contributed by atoms with Crippen LogP contribution in [0.5, 0.6) is 0 Å². The minimum atomic E-state index is -0.190. The van der Waals surface area contributed by atoms with E-state index >= 15 is 0 Å². The van der Waals surface area contributed by atoms with Gasteiger partial charge in [-0.2, -0.15) is 0 Å². The smallest absolute Gasteiger partial charge is 0.137 e. The van der Waals surface area contributed by atoms with E-state index in [4.69, 9.17) is 6.42 Å². The molecule has 0 saturated heterocycles. The van der Waals surface area contributed by atoms with E-state index in [2.05, 4.69) is 12.8 Å². The number of benzene rings is 1. The lowest BCUT2D eigenvalue weighted by Crippen LogP contribution is -1.87. The highest BCUT2D eigenvalue weighted by Crippen LogP contribution is 2.24. The van der Waals surface area contributed by atoms with E-state index in [0.29, 0.717) is 10.5 Å². The molecule has 2 heteroatoms. The van der Waals surface area contributed by atoms with Crippen molar-refractivity contribution in [2.24, 2.45) is 0 Å². The van der Waals surface area contributed by atoms with Gasteiger partial charge in [0.05, 0.1) is 0 Å². The lowest BCUT2D eigenvalue weighted by Gasteiger charge is -2.04. The largest absolute Gasteiger partial charge is 0.206 e. The third kappa shape index (κ3) is 7.01. The number of thioether (sulfide) groups is 1. The van der Waals surface area contributed by atoms with Crippen molar-refractivity contribution < 1.29 is 4.39 Å². The molecule has 20 heavy (non-hydrogen) atoms. The molecule has 1 rings (SSSR count). The number of hydrogen-bond acceptors (Lipinski definition) is 1. The Kier molecular flexibility index (Phi) is 9.24. The van der Waals surface area contributed by atoms with Crippen LogP contribution in [0.1, 0.15) is 63.9 Å². The lowest BCUT2D eigenvalue weighted by atomic mass is 10.1. The standard InChI is InChI=1S/C18H25FS/c1-3-5-6-7-8-9-10-11-14-20-18-13-12-16(4-2)15-17(18)19/h2,12-13,15H,3,5-11,14H2,1H3. The molecule has 0 aliphatic rings. The van der Waals surface area contributed by atoms with Crippen LogP contribution in [0.15, 0.2) is 23.1 Å². The number of hydrogen-bond donors (Lipinski definition) is 0. The van der Waals surface area contributed by atoms with Gasteiger partial charge in [-0.25, -0.2) is 4.39 Å². The molecule has 0 N–H and O–H groups in total. The fourth-order valence-electron chi connectivity index (χ4n) is 2.13. The van der Waals surface area contributed by atoms with Gasteiger partial charge in [-0.05, 0) is 30.4 Å². The topological polar surface area (TPSA) is 0 Å². The highest BCUT2D eigenvalue weighted by Gasteiger charge is 2.03. The Balaban J connectivity index is 2.08. The zero-order chi connectivity index (χ0) is 14.6. The Morgan fingerprint density at radius 3 is 2.30 bits per heavy atom. The molecular weight excluding hydrogens is 267 g/mol. The number of rotatable bonds is 10. The molecule has 110 valence electrons. The van der Waals surface area contributed by atoms with Crippen LogP contribution in [-0.2, 0) is 0 Å². The molecular formula is C18H25FS. The minimum Gasteiger partial charge on any atom is -0.206 e. The Morgan fingerprint density at radius 1 is 1.05 bits per heavy atom. The first-order valence-electron chi connectivity index (χ1n) is 7.67. The van der Waals surface area contributed by atoms with E-state index in [0.717, 1.165) is 12.2 Å². The van der Waals surface area contributed by atoms with Crippen LogP contribution >= 0.6 is 11.8 Å². The molecule has 0 aliphatic heterocycles. The Morgan fingerprint density at radius 2 is 1.70 bits per heavy atom. The van der Waals surface area contributed by atoms with Crippen LogP contribution in [0.3, 0.4) is 0 Å². The van der Waals surface area contributed by atoms with Gasteiger partial charge in [0, 0.05) is 10.5 Å². The molecule has 0 heterocycles. The van der Waals surface area contributed by atoms with Crippen molar-refractivity contribution >= 4 is 11.8 Å². The van der Waals surface area contributed by atoms with Gasteiger partial charge >= 0.3 is 0 Å². The third-order valence-electron chi connectivity index (χ3n) is 3.35. The molecule has 0 aliphatic carbocycles. The molecule has 1 aromatic carbocycles. The SMILES string of the molecule is C#Cc1ccc(SCCCCCCCCCC)c(F)c1. The highest BCUT2D eigenvalue weighted by molar-refractivity contribution is 7.99. The van der Waals surface area contributed by atoms with Crippen molar-refractivity contribution in [1.29, 1.82) is 0 Å². The fraction of sp³-hybridized carbons (Fsp3) is 0.556. The first-order chi connectivity index (χ1) is 9.77. The molecule has 0 aromatic heterocycles. The van der Waals surface area contributed by atoms with E-state index in [9.17, 15) is 4.39 Å².